The maximum absolute atomic E-state index is 11.9. The van der Waals surface area contributed by atoms with Crippen LogP contribution in [0.1, 0.15) is 20.7 Å². The van der Waals surface area contributed by atoms with E-state index in [1.165, 1.54) is 0 Å². The van der Waals surface area contributed by atoms with E-state index in [1.54, 1.807) is 36.4 Å². The first-order chi connectivity index (χ1) is 11.5. The second-order valence-corrected chi connectivity index (χ2v) is 7.13. The summed E-state index contributed by atoms with van der Waals surface area (Å²) >= 11 is 4.07. The highest BCUT2D eigenvalue weighted by Gasteiger charge is 2.16. The summed E-state index contributed by atoms with van der Waals surface area (Å²) in [5.74, 6) is -1.05. The Hall–Kier alpha value is -1.20. The molecule has 0 amide bonds. The maximum Gasteiger partial charge on any atom is 0.339 e. The second kappa shape index (κ2) is 9.33. The maximum atomic E-state index is 11.9. The van der Waals surface area contributed by atoms with Crippen LogP contribution in [0, 0.1) is 7.14 Å². The van der Waals surface area contributed by atoms with Crippen molar-refractivity contribution in [1.82, 2.24) is 0 Å². The van der Waals surface area contributed by atoms with Gasteiger partial charge in [-0.3, -0.25) is 0 Å². The van der Waals surface area contributed by atoms with Crippen molar-refractivity contribution < 1.29 is 24.2 Å². The molecule has 2 aromatic carbocycles. The molecule has 1 N–H and O–H groups in total. The summed E-state index contributed by atoms with van der Waals surface area (Å²) in [4.78, 5) is 23.9. The van der Waals surface area contributed by atoms with E-state index in [-0.39, 0.29) is 13.2 Å². The number of aliphatic hydroxyl groups is 1. The smallest absolute Gasteiger partial charge is 0.339 e. The third-order valence-corrected chi connectivity index (χ3v) is 4.88. The second-order valence-electron chi connectivity index (χ2n) is 4.81. The number of hydrogen-bond donors (Lipinski definition) is 1. The lowest BCUT2D eigenvalue weighted by atomic mass is 10.2. The summed E-state index contributed by atoms with van der Waals surface area (Å²) in [6, 6.07) is 14.0. The van der Waals surface area contributed by atoms with Gasteiger partial charge in [-0.1, -0.05) is 24.3 Å². The van der Waals surface area contributed by atoms with E-state index >= 15 is 0 Å². The number of carbonyl (C=O) groups is 2. The number of aliphatic hydroxyl groups excluding tert-OH is 1. The molecule has 0 aromatic heterocycles. The molecule has 0 aliphatic carbocycles. The van der Waals surface area contributed by atoms with E-state index in [4.69, 9.17) is 9.47 Å². The lowest BCUT2D eigenvalue weighted by Crippen LogP contribution is -2.25. The highest BCUT2D eigenvalue weighted by Crippen LogP contribution is 2.14. The van der Waals surface area contributed by atoms with Crippen LogP contribution in [0.4, 0.5) is 0 Å². The Balaban J connectivity index is 1.80. The standard InChI is InChI=1S/C17H14I2O5/c18-14-7-3-1-5-12(14)16(21)23-9-11(20)10-24-17(22)13-6-2-4-8-15(13)19/h1-8,11,20H,9-10H2. The quantitative estimate of drug-likeness (QED) is 0.441. The van der Waals surface area contributed by atoms with E-state index in [9.17, 15) is 14.7 Å². The molecule has 0 bridgehead atoms. The van der Waals surface area contributed by atoms with Gasteiger partial charge < -0.3 is 14.6 Å². The van der Waals surface area contributed by atoms with Crippen LogP contribution in [0.5, 0.6) is 0 Å². The van der Waals surface area contributed by atoms with Gasteiger partial charge in [0.15, 0.2) is 0 Å². The van der Waals surface area contributed by atoms with Crippen LogP contribution >= 0.6 is 45.2 Å². The third-order valence-electron chi connectivity index (χ3n) is 3.00. The van der Waals surface area contributed by atoms with Crippen molar-refractivity contribution in [3.8, 4) is 0 Å². The van der Waals surface area contributed by atoms with Gasteiger partial charge in [-0.2, -0.15) is 0 Å². The molecule has 0 spiro atoms. The first kappa shape index (κ1) is 19.1. The van der Waals surface area contributed by atoms with Crippen molar-refractivity contribution in [2.75, 3.05) is 13.2 Å². The average molecular weight is 552 g/mol. The Kier molecular flexibility index (Phi) is 7.43. The van der Waals surface area contributed by atoms with Crippen LogP contribution in [0.25, 0.3) is 0 Å². The molecule has 7 heteroatoms. The molecule has 0 saturated carbocycles. The molecule has 0 heterocycles. The van der Waals surface area contributed by atoms with E-state index in [2.05, 4.69) is 0 Å². The van der Waals surface area contributed by atoms with Gasteiger partial charge in [0.05, 0.1) is 11.1 Å². The van der Waals surface area contributed by atoms with Crippen molar-refractivity contribution in [2.24, 2.45) is 0 Å². The van der Waals surface area contributed by atoms with Gasteiger partial charge >= 0.3 is 11.9 Å². The Morgan fingerprint density at radius 2 is 1.21 bits per heavy atom. The first-order valence-electron chi connectivity index (χ1n) is 7.00. The Labute approximate surface area is 166 Å². The third kappa shape index (κ3) is 5.42. The van der Waals surface area contributed by atoms with Gasteiger partial charge in [0, 0.05) is 7.14 Å². The molecular formula is C17H14I2O5. The normalized spacial score (nSPS) is 10.5. The van der Waals surface area contributed by atoms with E-state index < -0.39 is 18.0 Å². The minimum absolute atomic E-state index is 0.247. The molecule has 0 aliphatic rings. The topological polar surface area (TPSA) is 72.8 Å². The number of rotatable bonds is 6. The highest BCUT2D eigenvalue weighted by molar-refractivity contribution is 14.1. The first-order valence-corrected chi connectivity index (χ1v) is 9.16. The van der Waals surface area contributed by atoms with Crippen molar-refractivity contribution in [3.63, 3.8) is 0 Å². The zero-order valence-electron chi connectivity index (χ0n) is 12.4. The van der Waals surface area contributed by atoms with Crippen LogP contribution in [0.2, 0.25) is 0 Å². The van der Waals surface area contributed by atoms with Gasteiger partial charge in [-0.25, -0.2) is 9.59 Å². The minimum Gasteiger partial charge on any atom is -0.459 e. The summed E-state index contributed by atoms with van der Waals surface area (Å²) in [5, 5.41) is 9.82. The zero-order valence-corrected chi connectivity index (χ0v) is 16.8. The molecule has 0 unspecified atom stereocenters. The molecular weight excluding hydrogens is 538 g/mol. The van der Waals surface area contributed by atoms with Crippen LogP contribution in [0.3, 0.4) is 0 Å². The van der Waals surface area contributed by atoms with Gasteiger partial charge in [0.25, 0.3) is 0 Å². The molecule has 2 aromatic rings. The van der Waals surface area contributed by atoms with Crippen LogP contribution in [-0.2, 0) is 9.47 Å². The Bertz CT molecular complexity index is 671. The van der Waals surface area contributed by atoms with Crippen LogP contribution < -0.4 is 0 Å². The number of benzene rings is 2. The van der Waals surface area contributed by atoms with Gasteiger partial charge in [0.1, 0.15) is 19.3 Å². The van der Waals surface area contributed by atoms with E-state index in [0.29, 0.717) is 11.1 Å². The molecule has 0 atom stereocenters. The summed E-state index contributed by atoms with van der Waals surface area (Å²) < 4.78 is 11.6. The number of hydrogen-bond acceptors (Lipinski definition) is 5. The van der Waals surface area contributed by atoms with Gasteiger partial charge in [0.2, 0.25) is 0 Å². The largest absolute Gasteiger partial charge is 0.459 e. The van der Waals surface area contributed by atoms with Crippen molar-refractivity contribution in [2.45, 2.75) is 6.10 Å². The van der Waals surface area contributed by atoms with E-state index in [0.717, 1.165) is 7.14 Å². The fourth-order valence-electron chi connectivity index (χ4n) is 1.80. The number of ether oxygens (including phenoxy) is 2. The van der Waals surface area contributed by atoms with E-state index in [1.807, 2.05) is 57.3 Å². The molecule has 0 fully saturated rings. The predicted octanol–water partition coefficient (Wildman–Crippen LogP) is 3.27. The molecule has 24 heavy (non-hydrogen) atoms. The number of esters is 2. The monoisotopic (exact) mass is 552 g/mol. The Morgan fingerprint density at radius 1 is 0.833 bits per heavy atom. The highest BCUT2D eigenvalue weighted by atomic mass is 127. The van der Waals surface area contributed by atoms with Gasteiger partial charge in [-0.05, 0) is 69.4 Å². The average Bonchev–Trinajstić information content (AvgIpc) is 2.58. The zero-order chi connectivity index (χ0) is 17.5. The molecule has 126 valence electrons. The number of carbonyl (C=O) groups excluding carboxylic acids is 2. The summed E-state index contributed by atoms with van der Waals surface area (Å²) in [5.41, 5.74) is 0.863. The number of halogens is 2. The summed E-state index contributed by atoms with van der Waals surface area (Å²) in [6.45, 7) is -0.494. The molecule has 0 aliphatic heterocycles. The van der Waals surface area contributed by atoms with Crippen molar-refractivity contribution >= 4 is 57.1 Å². The summed E-state index contributed by atoms with van der Waals surface area (Å²) in [6.07, 6.45) is -1.08. The lowest BCUT2D eigenvalue weighted by molar-refractivity contribution is -0.00479. The van der Waals surface area contributed by atoms with Crippen molar-refractivity contribution in [1.29, 1.82) is 0 Å². The fraction of sp³-hybridized carbons (Fsp3) is 0.176. The molecule has 0 saturated heterocycles. The molecule has 0 radical (unpaired) electrons. The van der Waals surface area contributed by atoms with Crippen LogP contribution in [0.15, 0.2) is 48.5 Å². The van der Waals surface area contributed by atoms with Gasteiger partial charge in [-0.15, -0.1) is 0 Å². The molecule has 2 rings (SSSR count). The predicted molar refractivity (Wildman–Crippen MR) is 105 cm³/mol. The minimum atomic E-state index is -1.08. The Morgan fingerprint density at radius 3 is 1.58 bits per heavy atom. The van der Waals surface area contributed by atoms with Crippen molar-refractivity contribution in [3.05, 3.63) is 66.8 Å². The SMILES string of the molecule is O=C(OCC(O)COC(=O)c1ccccc1I)c1ccccc1I. The van der Waals surface area contributed by atoms with Crippen LogP contribution in [-0.4, -0.2) is 36.4 Å². The molecule has 5 nitrogen and oxygen atoms in total. The summed E-state index contributed by atoms with van der Waals surface area (Å²) in [7, 11) is 0. The fourth-order valence-corrected chi connectivity index (χ4v) is 3.02. The lowest BCUT2D eigenvalue weighted by Gasteiger charge is -2.13.